The van der Waals surface area contributed by atoms with Crippen LogP contribution in [0.25, 0.3) is 0 Å². The van der Waals surface area contributed by atoms with Crippen LogP contribution in [-0.2, 0) is 0 Å². The van der Waals surface area contributed by atoms with Crippen molar-refractivity contribution in [3.63, 3.8) is 0 Å². The molecule has 6 heteroatoms. The van der Waals surface area contributed by atoms with Crippen molar-refractivity contribution >= 4 is 34.5 Å². The lowest BCUT2D eigenvalue weighted by Gasteiger charge is -2.03. The summed E-state index contributed by atoms with van der Waals surface area (Å²) in [5, 5.41) is 14.5. The first kappa shape index (κ1) is 13.7. The summed E-state index contributed by atoms with van der Waals surface area (Å²) >= 11 is 6.79. The summed E-state index contributed by atoms with van der Waals surface area (Å²) in [6.07, 6.45) is 3.78. The topological polar surface area (TPSA) is 55.2 Å². The van der Waals surface area contributed by atoms with Crippen molar-refractivity contribution in [1.29, 1.82) is 0 Å². The van der Waals surface area contributed by atoms with Gasteiger partial charge in [0.25, 0.3) is 5.69 Å². The molecule has 0 aliphatic heterocycles. The van der Waals surface area contributed by atoms with Crippen LogP contribution in [0, 0.1) is 10.1 Å². The molecule has 0 fully saturated rings. The number of nitrogens with zero attached hydrogens (tertiary/aromatic N) is 1. The van der Waals surface area contributed by atoms with Gasteiger partial charge in [0.15, 0.2) is 0 Å². The van der Waals surface area contributed by atoms with Gasteiger partial charge in [-0.25, -0.2) is 0 Å². The van der Waals surface area contributed by atoms with Crippen LogP contribution in [0.5, 0.6) is 0 Å². The second-order valence-electron chi connectivity index (χ2n) is 3.13. The van der Waals surface area contributed by atoms with Crippen LogP contribution in [0.3, 0.4) is 0 Å². The molecule has 90 valence electrons. The molecule has 0 saturated heterocycles. The number of hydrogen-bond donors (Lipinski definition) is 1. The number of thioether (sulfide) groups is 1. The predicted molar refractivity (Wildman–Crippen MR) is 75.5 cm³/mol. The molecule has 0 aromatic heterocycles. The number of nitro groups is 1. The van der Waals surface area contributed by atoms with Crippen molar-refractivity contribution in [3.05, 3.63) is 51.0 Å². The quantitative estimate of drug-likeness (QED) is 0.292. The number of rotatable bonds is 5. The average molecular weight is 268 g/mol. The van der Waals surface area contributed by atoms with E-state index in [9.17, 15) is 10.1 Å². The van der Waals surface area contributed by atoms with E-state index in [1.807, 2.05) is 19.4 Å². The van der Waals surface area contributed by atoms with E-state index >= 15 is 0 Å². The lowest BCUT2D eigenvalue weighted by atomic mass is 10.1. The van der Waals surface area contributed by atoms with Crippen molar-refractivity contribution in [3.8, 4) is 0 Å². The average Bonchev–Trinajstić information content (AvgIpc) is 2.35. The third kappa shape index (κ3) is 3.83. The van der Waals surface area contributed by atoms with Crippen molar-refractivity contribution in [2.24, 2.45) is 0 Å². The first-order valence-electron chi connectivity index (χ1n) is 4.80. The number of hydrogen-bond acceptors (Lipinski definition) is 5. The van der Waals surface area contributed by atoms with Gasteiger partial charge in [-0.05, 0) is 30.0 Å². The molecule has 1 aromatic carbocycles. The van der Waals surface area contributed by atoms with Gasteiger partial charge in [0.05, 0.1) is 9.95 Å². The van der Waals surface area contributed by atoms with E-state index in [4.69, 9.17) is 12.2 Å². The van der Waals surface area contributed by atoms with E-state index in [1.165, 1.54) is 12.1 Å². The highest BCUT2D eigenvalue weighted by Crippen LogP contribution is 2.15. The zero-order valence-electron chi connectivity index (χ0n) is 9.47. The molecular formula is C11H12N2O2S2. The molecule has 1 aromatic rings. The van der Waals surface area contributed by atoms with Crippen LogP contribution in [0.2, 0.25) is 0 Å². The van der Waals surface area contributed by atoms with Gasteiger partial charge in [-0.3, -0.25) is 10.1 Å². The van der Waals surface area contributed by atoms with E-state index in [0.29, 0.717) is 4.86 Å². The number of nitro benzene ring substituents is 1. The molecule has 0 aliphatic rings. The minimum absolute atomic E-state index is 0.0687. The molecule has 4 nitrogen and oxygen atoms in total. The number of nitrogens with one attached hydrogen (secondary N) is 1. The summed E-state index contributed by atoms with van der Waals surface area (Å²) in [5.41, 5.74) is 0.867. The number of thiocarbonyl (C=S) groups is 1. The molecule has 0 aliphatic carbocycles. The van der Waals surface area contributed by atoms with E-state index < -0.39 is 4.92 Å². The fourth-order valence-electron chi connectivity index (χ4n) is 1.18. The zero-order valence-corrected chi connectivity index (χ0v) is 11.1. The molecule has 0 saturated carbocycles. The summed E-state index contributed by atoms with van der Waals surface area (Å²) in [5.74, 6) is 0. The molecule has 0 atom stereocenters. The second kappa shape index (κ2) is 6.36. The Labute approximate surface area is 109 Å². The maximum absolute atomic E-state index is 10.5. The Bertz CT molecular complexity index is 449. The molecule has 1 N–H and O–H groups in total. The molecular weight excluding hydrogens is 256 g/mol. The van der Waals surface area contributed by atoms with Gasteiger partial charge in [-0.15, -0.1) is 11.8 Å². The fourth-order valence-corrected chi connectivity index (χ4v) is 1.95. The van der Waals surface area contributed by atoms with Crippen molar-refractivity contribution in [1.82, 2.24) is 5.32 Å². The fraction of sp³-hybridized carbons (Fsp3) is 0.182. The van der Waals surface area contributed by atoms with E-state index in [0.717, 1.165) is 10.6 Å². The highest BCUT2D eigenvalue weighted by Gasteiger charge is 2.06. The van der Waals surface area contributed by atoms with Crippen LogP contribution in [-0.4, -0.2) is 23.1 Å². The highest BCUT2D eigenvalue weighted by molar-refractivity contribution is 8.02. The van der Waals surface area contributed by atoms with Gasteiger partial charge in [0, 0.05) is 24.0 Å². The monoisotopic (exact) mass is 268 g/mol. The normalized spacial score (nSPS) is 11.1. The van der Waals surface area contributed by atoms with Gasteiger partial charge in [0.2, 0.25) is 0 Å². The summed E-state index contributed by atoms with van der Waals surface area (Å²) in [7, 11) is 1.82. The van der Waals surface area contributed by atoms with Gasteiger partial charge >= 0.3 is 0 Å². The summed E-state index contributed by atoms with van der Waals surface area (Å²) < 4.78 is 0. The molecule has 0 bridgehead atoms. The molecule has 0 unspecified atom stereocenters. The Morgan fingerprint density at radius 2 is 2.06 bits per heavy atom. The van der Waals surface area contributed by atoms with Crippen molar-refractivity contribution in [2.75, 3.05) is 13.3 Å². The second-order valence-corrected chi connectivity index (χ2v) is 4.42. The smallest absolute Gasteiger partial charge is 0.269 e. The molecule has 0 amide bonds. The summed E-state index contributed by atoms with van der Waals surface area (Å²) in [6, 6.07) is 6.22. The molecule has 1 rings (SSSR count). The summed E-state index contributed by atoms with van der Waals surface area (Å²) in [4.78, 5) is 10.7. The number of non-ortho nitro benzene ring substituents is 1. The lowest BCUT2D eigenvalue weighted by Crippen LogP contribution is -2.05. The predicted octanol–water partition coefficient (Wildman–Crippen LogP) is 2.74. The molecule has 0 heterocycles. The number of allylic oxidation sites excluding steroid dienone is 1. The molecule has 0 spiro atoms. The van der Waals surface area contributed by atoms with Gasteiger partial charge in [0.1, 0.15) is 0 Å². The van der Waals surface area contributed by atoms with E-state index in [2.05, 4.69) is 5.32 Å². The SMILES string of the molecule is CN/C(=C\C(=S)c1ccc([N+](=O)[O-])cc1)SC. The number of benzene rings is 1. The Hall–Kier alpha value is -1.40. The standard InChI is InChI=1S/C11H12N2O2S2/c1-12-11(17-2)7-10(16)8-3-5-9(6-4-8)13(14)15/h3-7,12H,1-2H3/b11-7+. The van der Waals surface area contributed by atoms with Gasteiger partial charge in [-0.1, -0.05) is 12.2 Å². The Kier molecular flexibility index (Phi) is 5.11. The molecule has 17 heavy (non-hydrogen) atoms. The van der Waals surface area contributed by atoms with Crippen LogP contribution in [0.1, 0.15) is 5.56 Å². The first-order chi connectivity index (χ1) is 8.08. The Morgan fingerprint density at radius 1 is 1.47 bits per heavy atom. The first-order valence-corrected chi connectivity index (χ1v) is 6.44. The van der Waals surface area contributed by atoms with Gasteiger partial charge in [-0.2, -0.15) is 0 Å². The maximum Gasteiger partial charge on any atom is 0.269 e. The molecule has 0 radical (unpaired) electrons. The van der Waals surface area contributed by atoms with Crippen LogP contribution < -0.4 is 5.32 Å². The lowest BCUT2D eigenvalue weighted by molar-refractivity contribution is -0.384. The van der Waals surface area contributed by atoms with Crippen molar-refractivity contribution in [2.45, 2.75) is 0 Å². The van der Waals surface area contributed by atoms with Crippen LogP contribution >= 0.6 is 24.0 Å². The van der Waals surface area contributed by atoms with Crippen LogP contribution in [0.4, 0.5) is 5.69 Å². The zero-order chi connectivity index (χ0) is 12.8. The maximum atomic E-state index is 10.5. The third-order valence-electron chi connectivity index (χ3n) is 2.09. The third-order valence-corrected chi connectivity index (χ3v) is 3.21. The van der Waals surface area contributed by atoms with Gasteiger partial charge < -0.3 is 5.32 Å². The largest absolute Gasteiger partial charge is 0.383 e. The Morgan fingerprint density at radius 3 is 2.47 bits per heavy atom. The van der Waals surface area contributed by atoms with E-state index in [-0.39, 0.29) is 5.69 Å². The van der Waals surface area contributed by atoms with E-state index in [1.54, 1.807) is 23.9 Å². The van der Waals surface area contributed by atoms with Crippen LogP contribution in [0.15, 0.2) is 35.4 Å². The Balaban J connectivity index is 2.90. The summed E-state index contributed by atoms with van der Waals surface area (Å²) in [6.45, 7) is 0. The highest BCUT2D eigenvalue weighted by atomic mass is 32.2. The minimum Gasteiger partial charge on any atom is -0.383 e. The van der Waals surface area contributed by atoms with Crippen molar-refractivity contribution < 1.29 is 4.92 Å². The minimum atomic E-state index is -0.427.